The Morgan fingerprint density at radius 3 is 2.44 bits per heavy atom. The highest BCUT2D eigenvalue weighted by Crippen LogP contribution is 2.29. The van der Waals surface area contributed by atoms with Crippen LogP contribution in [0.25, 0.3) is 11.0 Å². The molecule has 7 nitrogen and oxygen atoms in total. The van der Waals surface area contributed by atoms with E-state index in [1.54, 1.807) is 18.2 Å². The van der Waals surface area contributed by atoms with E-state index in [1.165, 1.54) is 16.1 Å². The molecule has 1 aromatic heterocycles. The molecule has 0 saturated heterocycles. The number of aromatic nitrogens is 2. The van der Waals surface area contributed by atoms with Crippen LogP contribution in [0.3, 0.4) is 0 Å². The summed E-state index contributed by atoms with van der Waals surface area (Å²) in [6.45, 7) is 9.47. The number of fused-ring (bicyclic) bond motifs is 1. The number of nitrogens with zero attached hydrogens (tertiary/aromatic N) is 3. The molecule has 0 aliphatic carbocycles. The minimum absolute atomic E-state index is 0.0710. The lowest BCUT2D eigenvalue weighted by Crippen LogP contribution is -2.30. The van der Waals surface area contributed by atoms with E-state index in [1.807, 2.05) is 62.6 Å². The molecule has 0 radical (unpaired) electrons. The van der Waals surface area contributed by atoms with Crippen molar-refractivity contribution >= 4 is 38.7 Å². The van der Waals surface area contributed by atoms with E-state index in [-0.39, 0.29) is 16.1 Å². The minimum Gasteiger partial charge on any atom is -0.351 e. The molecule has 0 saturated carbocycles. The van der Waals surface area contributed by atoms with Crippen LogP contribution < -0.4 is 5.32 Å². The first-order valence-electron chi connectivity index (χ1n) is 10.8. The second-order valence-electron chi connectivity index (χ2n) is 7.34. The van der Waals surface area contributed by atoms with Gasteiger partial charge in [-0.25, -0.2) is 13.4 Å². The summed E-state index contributed by atoms with van der Waals surface area (Å²) in [5, 5.41) is 3.31. The zero-order valence-corrected chi connectivity index (χ0v) is 20.5. The van der Waals surface area contributed by atoms with Gasteiger partial charge >= 0.3 is 0 Å². The number of benzene rings is 2. The number of aryl methyl sites for hydroxylation is 1. The molecule has 172 valence electrons. The largest absolute Gasteiger partial charge is 0.351 e. The normalized spacial score (nSPS) is 12.9. The molecule has 1 N–H and O–H groups in total. The predicted molar refractivity (Wildman–Crippen MR) is 129 cm³/mol. The fourth-order valence-electron chi connectivity index (χ4n) is 3.50. The van der Waals surface area contributed by atoms with Crippen molar-refractivity contribution in [1.29, 1.82) is 0 Å². The molecule has 0 aliphatic rings. The van der Waals surface area contributed by atoms with Gasteiger partial charge in [0.1, 0.15) is 0 Å². The van der Waals surface area contributed by atoms with Gasteiger partial charge < -0.3 is 9.88 Å². The van der Waals surface area contributed by atoms with Crippen LogP contribution >= 0.6 is 11.8 Å². The quantitative estimate of drug-likeness (QED) is 0.451. The van der Waals surface area contributed by atoms with Crippen molar-refractivity contribution in [1.82, 2.24) is 19.2 Å². The number of imidazole rings is 1. The molecular weight excluding hydrogens is 444 g/mol. The fourth-order valence-corrected chi connectivity index (χ4v) is 5.99. The number of thioether (sulfide) groups is 1. The van der Waals surface area contributed by atoms with Gasteiger partial charge in [0.2, 0.25) is 15.9 Å². The number of hydrogen-bond acceptors (Lipinski definition) is 5. The number of nitrogens with one attached hydrogen (secondary N) is 1. The fraction of sp³-hybridized carbons (Fsp3) is 0.391. The van der Waals surface area contributed by atoms with Crippen molar-refractivity contribution in [2.45, 2.75) is 56.1 Å². The lowest BCUT2D eigenvalue weighted by Gasteiger charge is -2.18. The van der Waals surface area contributed by atoms with E-state index in [0.29, 0.717) is 36.9 Å². The van der Waals surface area contributed by atoms with Crippen LogP contribution in [0.5, 0.6) is 0 Å². The first kappa shape index (κ1) is 24.3. The molecule has 3 rings (SSSR count). The number of amides is 1. The molecule has 0 fully saturated rings. The summed E-state index contributed by atoms with van der Waals surface area (Å²) in [4.78, 5) is 17.5. The van der Waals surface area contributed by atoms with Gasteiger partial charge in [-0.1, -0.05) is 55.9 Å². The molecule has 9 heteroatoms. The molecule has 3 aromatic rings. The highest BCUT2D eigenvalue weighted by atomic mass is 32.2. The van der Waals surface area contributed by atoms with Crippen LogP contribution in [0.1, 0.15) is 33.3 Å². The maximum Gasteiger partial charge on any atom is 0.243 e. The van der Waals surface area contributed by atoms with Crippen LogP contribution in [-0.4, -0.2) is 46.5 Å². The SMILES string of the molecule is CCN(CC)S(=O)(=O)c1ccc2c(c1)nc(SC(C)C(=O)NCc1ccccc1)n2CC. The molecule has 1 amide bonds. The summed E-state index contributed by atoms with van der Waals surface area (Å²) >= 11 is 1.37. The van der Waals surface area contributed by atoms with E-state index in [2.05, 4.69) is 10.3 Å². The molecular formula is C23H30N4O3S2. The molecule has 32 heavy (non-hydrogen) atoms. The lowest BCUT2D eigenvalue weighted by atomic mass is 10.2. The zero-order valence-electron chi connectivity index (χ0n) is 18.9. The summed E-state index contributed by atoms with van der Waals surface area (Å²) in [6.07, 6.45) is 0. The van der Waals surface area contributed by atoms with E-state index in [0.717, 1.165) is 11.1 Å². The van der Waals surface area contributed by atoms with E-state index in [4.69, 9.17) is 0 Å². The van der Waals surface area contributed by atoms with Gasteiger partial charge in [0.15, 0.2) is 5.16 Å². The predicted octanol–water partition coefficient (Wildman–Crippen LogP) is 3.88. The zero-order chi connectivity index (χ0) is 23.3. The van der Waals surface area contributed by atoms with E-state index >= 15 is 0 Å². The van der Waals surface area contributed by atoms with Crippen molar-refractivity contribution in [3.05, 3.63) is 54.1 Å². The standard InChI is InChI=1S/C23H30N4O3S2/c1-5-26(6-2)32(29,30)19-13-14-21-20(15-19)25-23(27(21)7-3)31-17(4)22(28)24-16-18-11-9-8-10-12-18/h8-15,17H,5-7,16H2,1-4H3,(H,24,28). The van der Waals surface area contributed by atoms with Crippen LogP contribution in [0.2, 0.25) is 0 Å². The molecule has 1 unspecified atom stereocenters. The lowest BCUT2D eigenvalue weighted by molar-refractivity contribution is -0.120. The van der Waals surface area contributed by atoms with Crippen LogP contribution in [0.15, 0.2) is 58.6 Å². The summed E-state index contributed by atoms with van der Waals surface area (Å²) in [6, 6.07) is 14.8. The van der Waals surface area contributed by atoms with Gasteiger partial charge in [-0.3, -0.25) is 4.79 Å². The van der Waals surface area contributed by atoms with Crippen molar-refractivity contribution in [2.24, 2.45) is 0 Å². The molecule has 0 aliphatic heterocycles. The average Bonchev–Trinajstić information content (AvgIpc) is 3.14. The second-order valence-corrected chi connectivity index (χ2v) is 10.6. The Labute approximate surface area is 194 Å². The summed E-state index contributed by atoms with van der Waals surface area (Å²) in [7, 11) is -3.56. The van der Waals surface area contributed by atoms with Gasteiger partial charge in [-0.05, 0) is 37.6 Å². The number of rotatable bonds is 10. The number of sulfonamides is 1. The Morgan fingerprint density at radius 2 is 1.81 bits per heavy atom. The number of carbonyl (C=O) groups excluding carboxylic acids is 1. The van der Waals surface area contributed by atoms with Crippen LogP contribution in [-0.2, 0) is 27.9 Å². The Kier molecular flexibility index (Phi) is 7.97. The maximum atomic E-state index is 12.9. The topological polar surface area (TPSA) is 84.3 Å². The third-order valence-corrected chi connectivity index (χ3v) is 8.44. The third kappa shape index (κ3) is 5.16. The Bertz CT molecular complexity index is 1170. The summed E-state index contributed by atoms with van der Waals surface area (Å²) in [5.74, 6) is -0.0710. The molecule has 0 bridgehead atoms. The Morgan fingerprint density at radius 1 is 1.12 bits per heavy atom. The minimum atomic E-state index is -3.56. The maximum absolute atomic E-state index is 12.9. The first-order valence-corrected chi connectivity index (χ1v) is 13.1. The second kappa shape index (κ2) is 10.5. The van der Waals surface area contributed by atoms with E-state index < -0.39 is 10.0 Å². The smallest absolute Gasteiger partial charge is 0.243 e. The van der Waals surface area contributed by atoms with Crippen molar-refractivity contribution in [2.75, 3.05) is 13.1 Å². The van der Waals surface area contributed by atoms with E-state index in [9.17, 15) is 13.2 Å². The summed E-state index contributed by atoms with van der Waals surface area (Å²) < 4.78 is 29.2. The van der Waals surface area contributed by atoms with Gasteiger partial charge in [-0.15, -0.1) is 0 Å². The number of hydrogen-bond donors (Lipinski definition) is 1. The molecule has 2 aromatic carbocycles. The van der Waals surface area contributed by atoms with Crippen LogP contribution in [0.4, 0.5) is 0 Å². The third-order valence-electron chi connectivity index (χ3n) is 5.31. The van der Waals surface area contributed by atoms with Gasteiger partial charge in [0.25, 0.3) is 0 Å². The molecule has 0 spiro atoms. The molecule has 1 heterocycles. The number of carbonyl (C=O) groups is 1. The highest BCUT2D eigenvalue weighted by Gasteiger charge is 2.24. The van der Waals surface area contributed by atoms with Crippen LogP contribution in [0, 0.1) is 0 Å². The Hall–Kier alpha value is -2.36. The molecule has 1 atom stereocenters. The Balaban J connectivity index is 1.81. The average molecular weight is 475 g/mol. The monoisotopic (exact) mass is 474 g/mol. The van der Waals surface area contributed by atoms with Crippen molar-refractivity contribution in [3.8, 4) is 0 Å². The van der Waals surface area contributed by atoms with Gasteiger partial charge in [0, 0.05) is 26.2 Å². The van der Waals surface area contributed by atoms with Gasteiger partial charge in [-0.2, -0.15) is 4.31 Å². The first-order chi connectivity index (χ1) is 15.3. The summed E-state index contributed by atoms with van der Waals surface area (Å²) in [5.41, 5.74) is 2.51. The van der Waals surface area contributed by atoms with Crippen molar-refractivity contribution < 1.29 is 13.2 Å². The van der Waals surface area contributed by atoms with Crippen molar-refractivity contribution in [3.63, 3.8) is 0 Å². The highest BCUT2D eigenvalue weighted by molar-refractivity contribution is 8.00. The van der Waals surface area contributed by atoms with Gasteiger partial charge in [0.05, 0.1) is 21.2 Å².